The number of nitrogens with one attached hydrogen (secondary N) is 2. The summed E-state index contributed by atoms with van der Waals surface area (Å²) in [4.78, 5) is 33.3. The highest BCUT2D eigenvalue weighted by molar-refractivity contribution is 5.81. The Morgan fingerprint density at radius 3 is 2.48 bits per heavy atom. The highest BCUT2D eigenvalue weighted by Gasteiger charge is 2.25. The van der Waals surface area contributed by atoms with Crippen LogP contribution in [0.3, 0.4) is 0 Å². The zero-order chi connectivity index (χ0) is 15.6. The van der Waals surface area contributed by atoms with Crippen LogP contribution in [-0.4, -0.2) is 39.9 Å². The van der Waals surface area contributed by atoms with Gasteiger partial charge >= 0.3 is 0 Å². The Morgan fingerprint density at radius 2 is 1.90 bits per heavy atom. The van der Waals surface area contributed by atoms with Gasteiger partial charge in [-0.1, -0.05) is 0 Å². The molecule has 1 aromatic rings. The molecule has 116 valence electrons. The number of carbonyl (C=O) groups excluding carboxylic acids is 1. The summed E-state index contributed by atoms with van der Waals surface area (Å²) in [5.74, 6) is 0.711. The summed E-state index contributed by atoms with van der Waals surface area (Å²) in [5, 5.41) is 3.22. The van der Waals surface area contributed by atoms with Crippen molar-refractivity contribution < 1.29 is 4.79 Å². The van der Waals surface area contributed by atoms with E-state index in [0.717, 1.165) is 25.9 Å². The molecule has 0 saturated carbocycles. The number of hydrogen-bond acceptors (Lipinski definition) is 4. The third-order valence-corrected chi connectivity index (χ3v) is 3.99. The lowest BCUT2D eigenvalue weighted by molar-refractivity contribution is -0.132. The van der Waals surface area contributed by atoms with E-state index in [2.05, 4.69) is 15.3 Å². The standard InChI is InChI=1S/C15H24N4O2/c1-9(13-10(2)17-12(4)18-14(13)20)16-11(3)15(21)19-7-5-6-8-19/h9,11,16H,5-8H2,1-4H3,(H,17,18,20). The minimum absolute atomic E-state index is 0.105. The van der Waals surface area contributed by atoms with Crippen LogP contribution in [0.1, 0.15) is 49.8 Å². The van der Waals surface area contributed by atoms with Gasteiger partial charge in [-0.2, -0.15) is 0 Å². The molecule has 1 aliphatic rings. The van der Waals surface area contributed by atoms with E-state index in [1.807, 2.05) is 25.7 Å². The maximum atomic E-state index is 12.3. The summed E-state index contributed by atoms with van der Waals surface area (Å²) in [6.07, 6.45) is 2.16. The lowest BCUT2D eigenvalue weighted by Gasteiger charge is -2.24. The van der Waals surface area contributed by atoms with Crippen molar-refractivity contribution in [3.8, 4) is 0 Å². The van der Waals surface area contributed by atoms with Crippen LogP contribution in [0.5, 0.6) is 0 Å². The fraction of sp³-hybridized carbons (Fsp3) is 0.667. The Bertz CT molecular complexity index is 576. The van der Waals surface area contributed by atoms with Gasteiger partial charge in [0.25, 0.3) is 5.56 Å². The summed E-state index contributed by atoms with van der Waals surface area (Å²) in [7, 11) is 0. The molecule has 2 N–H and O–H groups in total. The third-order valence-electron chi connectivity index (χ3n) is 3.99. The van der Waals surface area contributed by atoms with Gasteiger partial charge in [-0.3, -0.25) is 14.9 Å². The van der Waals surface area contributed by atoms with Crippen LogP contribution in [0, 0.1) is 13.8 Å². The SMILES string of the molecule is Cc1nc(C)c(C(C)NC(C)C(=O)N2CCCC2)c(=O)[nH]1. The molecule has 2 rings (SSSR count). The first-order valence-corrected chi connectivity index (χ1v) is 7.52. The van der Waals surface area contributed by atoms with E-state index in [1.54, 1.807) is 6.92 Å². The van der Waals surface area contributed by atoms with E-state index in [1.165, 1.54) is 0 Å². The molecule has 0 aromatic carbocycles. The molecule has 6 heteroatoms. The smallest absolute Gasteiger partial charge is 0.255 e. The number of hydrogen-bond donors (Lipinski definition) is 2. The van der Waals surface area contributed by atoms with E-state index in [4.69, 9.17) is 0 Å². The predicted molar refractivity (Wildman–Crippen MR) is 81.2 cm³/mol. The molecular weight excluding hydrogens is 268 g/mol. The minimum atomic E-state index is -0.307. The van der Waals surface area contributed by atoms with Crippen LogP contribution in [-0.2, 0) is 4.79 Å². The van der Waals surface area contributed by atoms with Gasteiger partial charge < -0.3 is 9.88 Å². The van der Waals surface area contributed by atoms with E-state index in [-0.39, 0.29) is 23.6 Å². The number of nitrogens with zero attached hydrogens (tertiary/aromatic N) is 2. The van der Waals surface area contributed by atoms with Crippen molar-refractivity contribution in [3.63, 3.8) is 0 Å². The number of rotatable bonds is 4. The molecule has 2 atom stereocenters. The Morgan fingerprint density at radius 1 is 1.29 bits per heavy atom. The van der Waals surface area contributed by atoms with Crippen LogP contribution in [0.25, 0.3) is 0 Å². The maximum absolute atomic E-state index is 12.3. The molecule has 1 fully saturated rings. The predicted octanol–water partition coefficient (Wildman–Crippen LogP) is 1.05. The van der Waals surface area contributed by atoms with Crippen molar-refractivity contribution in [2.75, 3.05) is 13.1 Å². The van der Waals surface area contributed by atoms with Crippen LogP contribution in [0.4, 0.5) is 0 Å². The van der Waals surface area contributed by atoms with Crippen molar-refractivity contribution in [1.82, 2.24) is 20.2 Å². The molecule has 1 amide bonds. The number of aromatic nitrogens is 2. The Labute approximate surface area is 125 Å². The molecule has 2 heterocycles. The first kappa shape index (κ1) is 15.7. The van der Waals surface area contributed by atoms with Gasteiger partial charge in [-0.05, 0) is 40.5 Å². The first-order valence-electron chi connectivity index (χ1n) is 7.52. The Kier molecular flexibility index (Phi) is 4.77. The van der Waals surface area contributed by atoms with Crippen molar-refractivity contribution in [2.45, 2.75) is 52.6 Å². The highest BCUT2D eigenvalue weighted by Crippen LogP contribution is 2.14. The average molecular weight is 292 g/mol. The second-order valence-electron chi connectivity index (χ2n) is 5.79. The number of carbonyl (C=O) groups is 1. The van der Waals surface area contributed by atoms with Gasteiger partial charge in [0.2, 0.25) is 5.91 Å². The third kappa shape index (κ3) is 3.50. The average Bonchev–Trinajstić information content (AvgIpc) is 2.89. The molecule has 1 aliphatic heterocycles. The topological polar surface area (TPSA) is 78.1 Å². The van der Waals surface area contributed by atoms with E-state index < -0.39 is 0 Å². The number of amides is 1. The maximum Gasteiger partial charge on any atom is 0.255 e. The van der Waals surface area contributed by atoms with Crippen molar-refractivity contribution in [1.29, 1.82) is 0 Å². The van der Waals surface area contributed by atoms with Gasteiger partial charge in [0.1, 0.15) is 5.82 Å². The summed E-state index contributed by atoms with van der Waals surface area (Å²) >= 11 is 0. The molecular formula is C15H24N4O2. The van der Waals surface area contributed by atoms with Crippen LogP contribution in [0.2, 0.25) is 0 Å². The zero-order valence-electron chi connectivity index (χ0n) is 13.2. The fourth-order valence-electron chi connectivity index (χ4n) is 2.99. The van der Waals surface area contributed by atoms with Gasteiger partial charge in [0.05, 0.1) is 11.6 Å². The quantitative estimate of drug-likeness (QED) is 0.869. The Balaban J connectivity index is 2.09. The van der Waals surface area contributed by atoms with Crippen molar-refractivity contribution in [2.24, 2.45) is 0 Å². The molecule has 1 saturated heterocycles. The molecule has 0 aliphatic carbocycles. The normalized spacial score (nSPS) is 17.8. The molecule has 21 heavy (non-hydrogen) atoms. The van der Waals surface area contributed by atoms with Gasteiger partial charge in [-0.15, -0.1) is 0 Å². The van der Waals surface area contributed by atoms with Gasteiger partial charge in [0, 0.05) is 24.8 Å². The molecule has 0 radical (unpaired) electrons. The van der Waals surface area contributed by atoms with Crippen molar-refractivity contribution >= 4 is 5.91 Å². The highest BCUT2D eigenvalue weighted by atomic mass is 16.2. The fourth-order valence-corrected chi connectivity index (χ4v) is 2.99. The Hall–Kier alpha value is -1.69. The summed E-state index contributed by atoms with van der Waals surface area (Å²) < 4.78 is 0. The largest absolute Gasteiger partial charge is 0.341 e. The van der Waals surface area contributed by atoms with Crippen LogP contribution >= 0.6 is 0 Å². The number of aryl methyl sites for hydroxylation is 2. The summed E-state index contributed by atoms with van der Waals surface area (Å²) in [6, 6.07) is -0.526. The molecule has 0 spiro atoms. The first-order chi connectivity index (χ1) is 9.90. The van der Waals surface area contributed by atoms with E-state index >= 15 is 0 Å². The number of likely N-dealkylation sites (tertiary alicyclic amines) is 1. The van der Waals surface area contributed by atoms with E-state index in [9.17, 15) is 9.59 Å². The lowest BCUT2D eigenvalue weighted by atomic mass is 10.1. The second-order valence-corrected chi connectivity index (χ2v) is 5.79. The second kappa shape index (κ2) is 6.39. The number of H-pyrrole nitrogens is 1. The van der Waals surface area contributed by atoms with E-state index in [0.29, 0.717) is 17.1 Å². The molecule has 2 unspecified atom stereocenters. The van der Waals surface area contributed by atoms with Crippen LogP contribution < -0.4 is 10.9 Å². The summed E-state index contributed by atoms with van der Waals surface area (Å²) in [5.41, 5.74) is 1.17. The monoisotopic (exact) mass is 292 g/mol. The zero-order valence-corrected chi connectivity index (χ0v) is 13.2. The number of aromatic amines is 1. The van der Waals surface area contributed by atoms with Crippen LogP contribution in [0.15, 0.2) is 4.79 Å². The van der Waals surface area contributed by atoms with Crippen molar-refractivity contribution in [3.05, 3.63) is 27.4 Å². The molecule has 0 bridgehead atoms. The minimum Gasteiger partial charge on any atom is -0.341 e. The molecule has 6 nitrogen and oxygen atoms in total. The lowest BCUT2D eigenvalue weighted by Crippen LogP contribution is -2.45. The summed E-state index contributed by atoms with van der Waals surface area (Å²) in [6.45, 7) is 9.00. The van der Waals surface area contributed by atoms with Gasteiger partial charge in [-0.25, -0.2) is 4.98 Å². The van der Waals surface area contributed by atoms with Gasteiger partial charge in [0.15, 0.2) is 0 Å². The molecule has 1 aromatic heterocycles.